The predicted octanol–water partition coefficient (Wildman–Crippen LogP) is 3.04. The fourth-order valence-corrected chi connectivity index (χ4v) is 2.27. The summed E-state index contributed by atoms with van der Waals surface area (Å²) in [6, 6.07) is 5.84. The molecule has 0 aliphatic carbocycles. The fraction of sp³-hybridized carbons (Fsp3) is 0.533. The number of aliphatic hydroxyl groups is 1. The molecule has 1 atom stereocenters. The van der Waals surface area contributed by atoms with Crippen molar-refractivity contribution in [3.63, 3.8) is 0 Å². The molecule has 18 heavy (non-hydrogen) atoms. The molecule has 1 heterocycles. The molecule has 1 amide bonds. The minimum atomic E-state index is -0.393. The van der Waals surface area contributed by atoms with E-state index in [1.807, 2.05) is 18.2 Å². The number of aryl methyl sites for hydroxylation is 1. The molecule has 0 bridgehead atoms. The Kier molecular flexibility index (Phi) is 4.02. The molecule has 1 aliphatic rings. The highest BCUT2D eigenvalue weighted by Crippen LogP contribution is 2.28. The van der Waals surface area contributed by atoms with Gasteiger partial charge in [0.2, 0.25) is 5.91 Å². The smallest absolute Gasteiger partial charge is 0.224 e. The molecule has 1 aromatic carbocycles. The van der Waals surface area contributed by atoms with Crippen LogP contribution in [0.3, 0.4) is 0 Å². The Morgan fingerprint density at radius 3 is 2.78 bits per heavy atom. The van der Waals surface area contributed by atoms with Crippen LogP contribution in [0.2, 0.25) is 0 Å². The lowest BCUT2D eigenvalue weighted by molar-refractivity contribution is -0.116. The maximum atomic E-state index is 11.3. The Morgan fingerprint density at radius 1 is 1.28 bits per heavy atom. The standard InChI is InChI=1S/C15H21NO2/c1-10(2)3-7-14(17)12-4-6-13-11(9-12)5-8-15(18)16-13/h4,6,9-10,14,17H,3,5,7-8H2,1-2H3,(H,16,18). The molecule has 1 unspecified atom stereocenters. The molecule has 0 fully saturated rings. The highest BCUT2D eigenvalue weighted by atomic mass is 16.3. The monoisotopic (exact) mass is 247 g/mol. The number of rotatable bonds is 4. The number of benzene rings is 1. The second kappa shape index (κ2) is 5.53. The summed E-state index contributed by atoms with van der Waals surface area (Å²) in [5, 5.41) is 13.0. The minimum absolute atomic E-state index is 0.0793. The van der Waals surface area contributed by atoms with Gasteiger partial charge >= 0.3 is 0 Å². The maximum absolute atomic E-state index is 11.3. The third-order valence-corrected chi connectivity index (χ3v) is 3.43. The van der Waals surface area contributed by atoms with Crippen molar-refractivity contribution in [3.05, 3.63) is 29.3 Å². The SMILES string of the molecule is CC(C)CCC(O)c1ccc2c(c1)CCC(=O)N2. The van der Waals surface area contributed by atoms with Gasteiger partial charge in [0.05, 0.1) is 6.10 Å². The average molecular weight is 247 g/mol. The number of hydrogen-bond donors (Lipinski definition) is 2. The van der Waals surface area contributed by atoms with E-state index in [-0.39, 0.29) is 5.91 Å². The summed E-state index contributed by atoms with van der Waals surface area (Å²) in [6.45, 7) is 4.32. The summed E-state index contributed by atoms with van der Waals surface area (Å²) in [5.74, 6) is 0.687. The van der Waals surface area contributed by atoms with Gasteiger partial charge in [-0.15, -0.1) is 0 Å². The van der Waals surface area contributed by atoms with E-state index in [1.165, 1.54) is 0 Å². The first-order valence-electron chi connectivity index (χ1n) is 6.67. The predicted molar refractivity (Wildman–Crippen MR) is 72.4 cm³/mol. The first kappa shape index (κ1) is 13.1. The summed E-state index contributed by atoms with van der Waals surface area (Å²) < 4.78 is 0. The Morgan fingerprint density at radius 2 is 2.06 bits per heavy atom. The van der Waals surface area contributed by atoms with Crippen LogP contribution in [0, 0.1) is 5.92 Å². The molecular weight excluding hydrogens is 226 g/mol. The molecule has 0 aromatic heterocycles. The van der Waals surface area contributed by atoms with Crippen molar-refractivity contribution in [3.8, 4) is 0 Å². The molecular formula is C15H21NO2. The molecule has 1 aromatic rings. The van der Waals surface area contributed by atoms with E-state index in [0.29, 0.717) is 12.3 Å². The van der Waals surface area contributed by atoms with Crippen LogP contribution >= 0.6 is 0 Å². The number of hydrogen-bond acceptors (Lipinski definition) is 2. The molecule has 98 valence electrons. The summed E-state index contributed by atoms with van der Waals surface area (Å²) in [6.07, 6.45) is 2.73. The lowest BCUT2D eigenvalue weighted by Gasteiger charge is -2.19. The van der Waals surface area contributed by atoms with E-state index < -0.39 is 6.10 Å². The van der Waals surface area contributed by atoms with Crippen LogP contribution in [0.15, 0.2) is 18.2 Å². The molecule has 1 aliphatic heterocycles. The van der Waals surface area contributed by atoms with Crippen LogP contribution in [0.1, 0.15) is 50.3 Å². The zero-order valence-electron chi connectivity index (χ0n) is 11.1. The van der Waals surface area contributed by atoms with Gasteiger partial charge in [0.1, 0.15) is 0 Å². The normalized spacial score (nSPS) is 16.3. The van der Waals surface area contributed by atoms with Gasteiger partial charge in [-0.3, -0.25) is 4.79 Å². The van der Waals surface area contributed by atoms with Crippen molar-refractivity contribution in [2.75, 3.05) is 5.32 Å². The summed E-state index contributed by atoms with van der Waals surface area (Å²) in [5.41, 5.74) is 2.99. The summed E-state index contributed by atoms with van der Waals surface area (Å²) in [7, 11) is 0. The molecule has 3 heteroatoms. The van der Waals surface area contributed by atoms with Crippen LogP contribution in [-0.2, 0) is 11.2 Å². The highest BCUT2D eigenvalue weighted by Gasteiger charge is 2.16. The topological polar surface area (TPSA) is 49.3 Å². The number of amides is 1. The van der Waals surface area contributed by atoms with Gasteiger partial charge in [0.15, 0.2) is 0 Å². The van der Waals surface area contributed by atoms with Crippen LogP contribution < -0.4 is 5.32 Å². The number of anilines is 1. The molecule has 0 saturated heterocycles. The highest BCUT2D eigenvalue weighted by molar-refractivity contribution is 5.93. The van der Waals surface area contributed by atoms with Gasteiger partial charge in [0, 0.05) is 12.1 Å². The Balaban J connectivity index is 2.08. The number of fused-ring (bicyclic) bond motifs is 1. The van der Waals surface area contributed by atoms with Crippen molar-refractivity contribution in [2.45, 2.75) is 45.6 Å². The van der Waals surface area contributed by atoms with E-state index in [9.17, 15) is 9.90 Å². The number of carbonyl (C=O) groups is 1. The zero-order valence-corrected chi connectivity index (χ0v) is 11.1. The molecule has 3 nitrogen and oxygen atoms in total. The van der Waals surface area contributed by atoms with Crippen molar-refractivity contribution in [1.29, 1.82) is 0 Å². The molecule has 2 rings (SSSR count). The second-order valence-corrected chi connectivity index (χ2v) is 5.45. The van der Waals surface area contributed by atoms with Crippen molar-refractivity contribution < 1.29 is 9.90 Å². The van der Waals surface area contributed by atoms with Gasteiger partial charge in [0.25, 0.3) is 0 Å². The van der Waals surface area contributed by atoms with Gasteiger partial charge in [-0.1, -0.05) is 26.0 Å². The minimum Gasteiger partial charge on any atom is -0.388 e. The van der Waals surface area contributed by atoms with E-state index in [1.54, 1.807) is 0 Å². The lowest BCUT2D eigenvalue weighted by atomic mass is 9.95. The van der Waals surface area contributed by atoms with Crippen molar-refractivity contribution >= 4 is 11.6 Å². The van der Waals surface area contributed by atoms with Crippen molar-refractivity contribution in [1.82, 2.24) is 0 Å². The number of nitrogens with one attached hydrogen (secondary N) is 1. The second-order valence-electron chi connectivity index (χ2n) is 5.45. The molecule has 0 radical (unpaired) electrons. The third kappa shape index (κ3) is 3.10. The van der Waals surface area contributed by atoms with Crippen LogP contribution in [0.25, 0.3) is 0 Å². The van der Waals surface area contributed by atoms with Gasteiger partial charge in [-0.25, -0.2) is 0 Å². The van der Waals surface area contributed by atoms with Crippen LogP contribution in [-0.4, -0.2) is 11.0 Å². The van der Waals surface area contributed by atoms with E-state index in [2.05, 4.69) is 19.2 Å². The number of aliphatic hydroxyl groups excluding tert-OH is 1. The Labute approximate surface area is 108 Å². The first-order chi connectivity index (χ1) is 8.56. The maximum Gasteiger partial charge on any atom is 0.224 e. The average Bonchev–Trinajstić information content (AvgIpc) is 2.35. The lowest BCUT2D eigenvalue weighted by Crippen LogP contribution is -2.19. The van der Waals surface area contributed by atoms with E-state index in [4.69, 9.17) is 0 Å². The fourth-order valence-electron chi connectivity index (χ4n) is 2.27. The van der Waals surface area contributed by atoms with Crippen molar-refractivity contribution in [2.24, 2.45) is 5.92 Å². The van der Waals surface area contributed by atoms with E-state index >= 15 is 0 Å². The van der Waals surface area contributed by atoms with Gasteiger partial charge < -0.3 is 10.4 Å². The molecule has 2 N–H and O–H groups in total. The van der Waals surface area contributed by atoms with Gasteiger partial charge in [-0.2, -0.15) is 0 Å². The van der Waals surface area contributed by atoms with E-state index in [0.717, 1.165) is 36.1 Å². The summed E-state index contributed by atoms with van der Waals surface area (Å²) >= 11 is 0. The van der Waals surface area contributed by atoms with Crippen LogP contribution in [0.5, 0.6) is 0 Å². The van der Waals surface area contributed by atoms with Crippen LogP contribution in [0.4, 0.5) is 5.69 Å². The third-order valence-electron chi connectivity index (χ3n) is 3.43. The summed E-state index contributed by atoms with van der Waals surface area (Å²) in [4.78, 5) is 11.3. The quantitative estimate of drug-likeness (QED) is 0.859. The molecule has 0 saturated carbocycles. The molecule has 0 spiro atoms. The number of carbonyl (C=O) groups excluding carboxylic acids is 1. The Hall–Kier alpha value is -1.35. The zero-order chi connectivity index (χ0) is 13.1. The first-order valence-corrected chi connectivity index (χ1v) is 6.67. The Bertz CT molecular complexity index is 440. The van der Waals surface area contributed by atoms with Gasteiger partial charge in [-0.05, 0) is 42.4 Å². The largest absolute Gasteiger partial charge is 0.388 e.